The van der Waals surface area contributed by atoms with Crippen molar-refractivity contribution in [3.63, 3.8) is 0 Å². The van der Waals surface area contributed by atoms with Crippen molar-refractivity contribution in [1.82, 2.24) is 10.2 Å². The second-order valence-corrected chi connectivity index (χ2v) is 6.19. The molecule has 2 saturated carbocycles. The molecule has 1 aromatic heterocycles. The summed E-state index contributed by atoms with van der Waals surface area (Å²) in [5.74, 6) is 1.84. The average molecular weight is 292 g/mol. The van der Waals surface area contributed by atoms with Gasteiger partial charge in [0.15, 0.2) is 5.82 Å². The number of halogens is 2. The molecule has 0 radical (unpaired) electrons. The highest BCUT2D eigenvalue weighted by Gasteiger charge is 2.55. The van der Waals surface area contributed by atoms with Gasteiger partial charge in [-0.05, 0) is 36.8 Å². The summed E-state index contributed by atoms with van der Waals surface area (Å²) in [6.07, 6.45) is 3.79. The molecule has 0 spiro atoms. The average Bonchev–Trinajstić information content (AvgIpc) is 2.76. The number of anilines is 1. The van der Waals surface area contributed by atoms with Gasteiger partial charge in [-0.15, -0.1) is 0 Å². The van der Waals surface area contributed by atoms with E-state index in [4.69, 9.17) is 17.3 Å². The number of nitrogen functional groups attached to an aromatic ring is 1. The standard InChI is InChI=1S/C15H15ClFN3/c16-9-5-2-6-10(17)12(9)13-14(19-20-15(13)18)11-7-3-1-4-8(7)11/h2,5-8,11H,1,3-4H2,(H3,18,19,20). The largest absolute Gasteiger partial charge is 0.382 e. The second kappa shape index (κ2) is 4.22. The van der Waals surface area contributed by atoms with E-state index in [0.29, 0.717) is 39.7 Å². The van der Waals surface area contributed by atoms with Gasteiger partial charge in [-0.25, -0.2) is 4.39 Å². The van der Waals surface area contributed by atoms with Crippen LogP contribution in [0.25, 0.3) is 11.1 Å². The first kappa shape index (κ1) is 12.2. The highest BCUT2D eigenvalue weighted by atomic mass is 35.5. The van der Waals surface area contributed by atoms with E-state index in [9.17, 15) is 4.39 Å². The van der Waals surface area contributed by atoms with Crippen LogP contribution in [0.5, 0.6) is 0 Å². The molecule has 3 N–H and O–H groups in total. The zero-order valence-electron chi connectivity index (χ0n) is 10.9. The van der Waals surface area contributed by atoms with Gasteiger partial charge in [0.1, 0.15) is 5.82 Å². The maximum atomic E-state index is 14.2. The molecule has 104 valence electrons. The van der Waals surface area contributed by atoms with Crippen LogP contribution < -0.4 is 5.73 Å². The predicted octanol–water partition coefficient (Wildman–Crippen LogP) is 3.96. The molecule has 4 rings (SSSR count). The van der Waals surface area contributed by atoms with Gasteiger partial charge in [-0.3, -0.25) is 5.10 Å². The minimum Gasteiger partial charge on any atom is -0.382 e. The minimum absolute atomic E-state index is 0.331. The quantitative estimate of drug-likeness (QED) is 0.880. The molecule has 3 nitrogen and oxygen atoms in total. The van der Waals surface area contributed by atoms with Crippen LogP contribution in [0, 0.1) is 17.7 Å². The molecule has 2 fully saturated rings. The van der Waals surface area contributed by atoms with E-state index in [1.165, 1.54) is 25.3 Å². The molecule has 2 aromatic rings. The zero-order chi connectivity index (χ0) is 13.9. The molecule has 0 amide bonds. The number of nitrogens with two attached hydrogens (primary N) is 1. The maximum absolute atomic E-state index is 14.2. The fourth-order valence-corrected chi connectivity index (χ4v) is 4.12. The van der Waals surface area contributed by atoms with Crippen molar-refractivity contribution in [3.05, 3.63) is 34.7 Å². The van der Waals surface area contributed by atoms with Gasteiger partial charge >= 0.3 is 0 Å². The lowest BCUT2D eigenvalue weighted by Crippen LogP contribution is -1.96. The number of hydrogen-bond donors (Lipinski definition) is 2. The van der Waals surface area contributed by atoms with Crippen LogP contribution in [0.2, 0.25) is 5.02 Å². The monoisotopic (exact) mass is 291 g/mol. The van der Waals surface area contributed by atoms with Gasteiger partial charge in [0.05, 0.1) is 10.6 Å². The zero-order valence-corrected chi connectivity index (χ0v) is 11.6. The Hall–Kier alpha value is -1.55. The SMILES string of the molecule is Nc1n[nH]c(C2C3CCCC32)c1-c1c(F)cccc1Cl. The number of benzene rings is 1. The summed E-state index contributed by atoms with van der Waals surface area (Å²) < 4.78 is 14.2. The Balaban J connectivity index is 1.84. The highest BCUT2D eigenvalue weighted by molar-refractivity contribution is 6.33. The van der Waals surface area contributed by atoms with E-state index in [-0.39, 0.29) is 5.82 Å². The van der Waals surface area contributed by atoms with Crippen molar-refractivity contribution in [1.29, 1.82) is 0 Å². The van der Waals surface area contributed by atoms with E-state index < -0.39 is 0 Å². The van der Waals surface area contributed by atoms with Gasteiger partial charge in [0.25, 0.3) is 0 Å². The first-order valence-corrected chi connectivity index (χ1v) is 7.34. The maximum Gasteiger partial charge on any atom is 0.153 e. The molecule has 2 atom stereocenters. The molecule has 1 aromatic carbocycles. The predicted molar refractivity (Wildman–Crippen MR) is 77.0 cm³/mol. The molecule has 2 unspecified atom stereocenters. The van der Waals surface area contributed by atoms with Crippen LogP contribution in [0.1, 0.15) is 30.9 Å². The Kier molecular flexibility index (Phi) is 2.58. The number of nitrogens with one attached hydrogen (secondary N) is 1. The number of hydrogen-bond acceptors (Lipinski definition) is 2. The van der Waals surface area contributed by atoms with E-state index in [2.05, 4.69) is 10.2 Å². The van der Waals surface area contributed by atoms with Gasteiger partial charge in [-0.1, -0.05) is 24.1 Å². The Morgan fingerprint density at radius 3 is 2.70 bits per heavy atom. The number of aromatic amines is 1. The third-order valence-electron chi connectivity index (χ3n) is 4.77. The van der Waals surface area contributed by atoms with E-state index >= 15 is 0 Å². The van der Waals surface area contributed by atoms with Crippen molar-refractivity contribution in [2.75, 3.05) is 5.73 Å². The summed E-state index contributed by atoms with van der Waals surface area (Å²) in [7, 11) is 0. The van der Waals surface area contributed by atoms with Crippen molar-refractivity contribution in [3.8, 4) is 11.1 Å². The summed E-state index contributed by atoms with van der Waals surface area (Å²) in [6, 6.07) is 4.69. The molecule has 2 aliphatic carbocycles. The summed E-state index contributed by atoms with van der Waals surface area (Å²) >= 11 is 6.17. The normalized spacial score (nSPS) is 27.6. The van der Waals surface area contributed by atoms with E-state index in [1.54, 1.807) is 12.1 Å². The summed E-state index contributed by atoms with van der Waals surface area (Å²) in [6.45, 7) is 0. The van der Waals surface area contributed by atoms with Crippen LogP contribution in [-0.4, -0.2) is 10.2 Å². The van der Waals surface area contributed by atoms with Crippen LogP contribution in [0.4, 0.5) is 10.2 Å². The lowest BCUT2D eigenvalue weighted by Gasteiger charge is -2.09. The fraction of sp³-hybridized carbons (Fsp3) is 0.400. The lowest BCUT2D eigenvalue weighted by atomic mass is 9.99. The first-order chi connectivity index (χ1) is 9.68. The second-order valence-electron chi connectivity index (χ2n) is 5.78. The number of rotatable bonds is 2. The Morgan fingerprint density at radius 2 is 2.00 bits per heavy atom. The van der Waals surface area contributed by atoms with Gasteiger partial charge in [0, 0.05) is 17.2 Å². The molecular formula is C15H15ClFN3. The smallest absolute Gasteiger partial charge is 0.153 e. The van der Waals surface area contributed by atoms with Crippen molar-refractivity contribution < 1.29 is 4.39 Å². The van der Waals surface area contributed by atoms with Crippen LogP contribution in [0.3, 0.4) is 0 Å². The topological polar surface area (TPSA) is 54.7 Å². The number of aromatic nitrogens is 2. The van der Waals surface area contributed by atoms with Gasteiger partial charge < -0.3 is 5.73 Å². The number of fused-ring (bicyclic) bond motifs is 1. The molecule has 0 saturated heterocycles. The van der Waals surface area contributed by atoms with Crippen molar-refractivity contribution in [2.45, 2.75) is 25.2 Å². The van der Waals surface area contributed by atoms with Crippen LogP contribution in [-0.2, 0) is 0 Å². The summed E-state index contributed by atoms with van der Waals surface area (Å²) in [5, 5.41) is 7.49. The molecule has 20 heavy (non-hydrogen) atoms. The third-order valence-corrected chi connectivity index (χ3v) is 5.09. The molecule has 1 heterocycles. The fourth-order valence-electron chi connectivity index (χ4n) is 3.86. The molecule has 2 aliphatic rings. The van der Waals surface area contributed by atoms with E-state index in [0.717, 1.165) is 5.69 Å². The summed E-state index contributed by atoms with van der Waals surface area (Å²) in [5.41, 5.74) is 7.96. The van der Waals surface area contributed by atoms with Gasteiger partial charge in [0.2, 0.25) is 0 Å². The molecular weight excluding hydrogens is 277 g/mol. The number of H-pyrrole nitrogens is 1. The van der Waals surface area contributed by atoms with Gasteiger partial charge in [-0.2, -0.15) is 5.10 Å². The lowest BCUT2D eigenvalue weighted by molar-refractivity contribution is 0.630. The van der Waals surface area contributed by atoms with Crippen LogP contribution >= 0.6 is 11.6 Å². The Bertz CT molecular complexity index is 652. The van der Waals surface area contributed by atoms with Crippen molar-refractivity contribution in [2.24, 2.45) is 11.8 Å². The first-order valence-electron chi connectivity index (χ1n) is 6.96. The van der Waals surface area contributed by atoms with Crippen molar-refractivity contribution >= 4 is 17.4 Å². The Labute approximate surface area is 121 Å². The molecule has 0 bridgehead atoms. The van der Waals surface area contributed by atoms with E-state index in [1.807, 2.05) is 0 Å². The molecule has 5 heteroatoms. The molecule has 0 aliphatic heterocycles. The number of nitrogens with zero attached hydrogens (tertiary/aromatic N) is 1. The summed E-state index contributed by atoms with van der Waals surface area (Å²) in [4.78, 5) is 0. The highest BCUT2D eigenvalue weighted by Crippen LogP contribution is 2.64. The van der Waals surface area contributed by atoms with Crippen LogP contribution in [0.15, 0.2) is 18.2 Å². The minimum atomic E-state index is -0.349. The third kappa shape index (κ3) is 1.61. The Morgan fingerprint density at radius 1 is 1.25 bits per heavy atom.